The quantitative estimate of drug-likeness (QED) is 0.264. The van der Waals surface area contributed by atoms with E-state index in [1.54, 1.807) is 0 Å². The molecule has 2 N–H and O–H groups in total. The third kappa shape index (κ3) is 2.54. The smallest absolute Gasteiger partial charge is 0.740 e. The first-order chi connectivity index (χ1) is 8.66. The minimum Gasteiger partial charge on any atom is -0.740 e. The summed E-state index contributed by atoms with van der Waals surface area (Å²) in [5.41, 5.74) is 0.748. The number of fused-ring (bicyclic) bond motifs is 1. The number of nitrogens with zero attached hydrogens (tertiary/aromatic N) is 2. The van der Waals surface area contributed by atoms with Crippen molar-refractivity contribution in [3.05, 3.63) is 46.8 Å². The van der Waals surface area contributed by atoms with Crippen molar-refractivity contribution in [2.24, 2.45) is 0 Å². The molecule has 19 heavy (non-hydrogen) atoms. The van der Waals surface area contributed by atoms with E-state index in [9.17, 15) is 4.79 Å². The second kappa shape index (κ2) is 5.60. The number of hydrogen-bond donors (Lipinski definition) is 1. The van der Waals surface area contributed by atoms with Crippen LogP contribution in [0.4, 0.5) is 0 Å². The van der Waals surface area contributed by atoms with Crippen molar-refractivity contribution in [2.75, 3.05) is 5.84 Å². The minimum atomic E-state index is -0.302. The summed E-state index contributed by atoms with van der Waals surface area (Å²) in [5, 5.41) is 0.615. The third-order valence-electron chi connectivity index (χ3n) is 2.62. The van der Waals surface area contributed by atoms with E-state index >= 15 is 0 Å². The van der Waals surface area contributed by atoms with Gasteiger partial charge >= 0.3 is 29.6 Å². The summed E-state index contributed by atoms with van der Waals surface area (Å²) in [5.74, 6) is 5.54. The van der Waals surface area contributed by atoms with E-state index in [4.69, 9.17) is 18.5 Å². The number of nitrogens with two attached hydrogens (primary N) is 1. The van der Waals surface area contributed by atoms with E-state index in [-0.39, 0.29) is 40.3 Å². The molecule has 1 aromatic carbocycles. The Morgan fingerprint density at radius 2 is 1.95 bits per heavy atom. The maximum Gasteiger partial charge on any atom is 1.00 e. The third-order valence-corrected chi connectivity index (χ3v) is 3.99. The molecule has 4 nitrogen and oxygen atoms in total. The van der Waals surface area contributed by atoms with Crippen molar-refractivity contribution in [1.29, 1.82) is 0 Å². The zero-order chi connectivity index (χ0) is 12.7. The maximum absolute atomic E-state index is 11.9. The standard InChI is InChI=1S/C12H9N3OS2.Na/c13-15-11(16)8-6-9(7-4-2-1-3-5-7)18-10(8)14-12(15)17;/h1-6H,13H2,(H,14,17);/q;+1/p-1. The number of aromatic nitrogens is 2. The van der Waals surface area contributed by atoms with Gasteiger partial charge in [-0.2, -0.15) is 0 Å². The van der Waals surface area contributed by atoms with Crippen molar-refractivity contribution in [3.63, 3.8) is 0 Å². The van der Waals surface area contributed by atoms with E-state index < -0.39 is 0 Å². The Hall–Kier alpha value is -0.920. The first kappa shape index (κ1) is 14.5. The molecule has 0 amide bonds. The van der Waals surface area contributed by atoms with Crippen LogP contribution in [0, 0.1) is 0 Å². The van der Waals surface area contributed by atoms with Gasteiger partial charge in [0, 0.05) is 10.0 Å². The summed E-state index contributed by atoms with van der Waals surface area (Å²) < 4.78 is 0.902. The van der Waals surface area contributed by atoms with Crippen molar-refractivity contribution >= 4 is 34.2 Å². The van der Waals surface area contributed by atoms with Gasteiger partial charge in [-0.15, -0.1) is 11.3 Å². The van der Waals surface area contributed by atoms with Crippen molar-refractivity contribution in [2.45, 2.75) is 5.16 Å². The molecule has 7 heteroatoms. The summed E-state index contributed by atoms with van der Waals surface area (Å²) in [6, 6.07) is 11.6. The van der Waals surface area contributed by atoms with Gasteiger partial charge in [0.2, 0.25) is 0 Å². The number of nitrogen functional groups attached to an aromatic ring is 1. The number of rotatable bonds is 1. The summed E-state index contributed by atoms with van der Waals surface area (Å²) in [7, 11) is 0. The van der Waals surface area contributed by atoms with Gasteiger partial charge in [0.15, 0.2) is 0 Å². The number of benzene rings is 1. The molecule has 0 saturated carbocycles. The first-order valence-corrected chi connectivity index (χ1v) is 6.43. The molecule has 2 heterocycles. The molecule has 0 aliphatic heterocycles. The molecular formula is C12H8N3NaOS2. The van der Waals surface area contributed by atoms with E-state index in [1.807, 2.05) is 36.4 Å². The number of thiophene rings is 1. The number of hydrogen-bond acceptors (Lipinski definition) is 5. The first-order valence-electron chi connectivity index (χ1n) is 5.21. The SMILES string of the molecule is Nn1c([S-])nc2sc(-c3ccccc3)cc2c1=O.[Na+]. The van der Waals surface area contributed by atoms with E-state index in [1.165, 1.54) is 11.3 Å². The molecule has 0 atom stereocenters. The van der Waals surface area contributed by atoms with E-state index in [2.05, 4.69) is 4.98 Å². The zero-order valence-electron chi connectivity index (χ0n) is 10.2. The van der Waals surface area contributed by atoms with Gasteiger partial charge in [-0.1, -0.05) is 30.3 Å². The average molecular weight is 297 g/mol. The van der Waals surface area contributed by atoms with Gasteiger partial charge in [-0.25, -0.2) is 9.66 Å². The minimum absolute atomic E-state index is 0. The molecule has 0 fully saturated rings. The van der Waals surface area contributed by atoms with Gasteiger partial charge < -0.3 is 18.5 Å². The normalized spacial score (nSPS) is 10.3. The van der Waals surface area contributed by atoms with Gasteiger partial charge in [-0.05, 0) is 11.6 Å². The second-order valence-corrected chi connectivity index (χ2v) is 5.16. The maximum atomic E-state index is 11.9. The Balaban J connectivity index is 0.00000133. The average Bonchev–Trinajstić information content (AvgIpc) is 2.81. The fraction of sp³-hybridized carbons (Fsp3) is 0. The summed E-state index contributed by atoms with van der Waals surface area (Å²) >= 11 is 6.37. The molecule has 0 bridgehead atoms. The Labute approximate surface area is 140 Å². The summed E-state index contributed by atoms with van der Waals surface area (Å²) in [6.07, 6.45) is 0. The van der Waals surface area contributed by atoms with Crippen molar-refractivity contribution in [1.82, 2.24) is 9.66 Å². The molecule has 0 radical (unpaired) electrons. The van der Waals surface area contributed by atoms with Crippen LogP contribution in [-0.2, 0) is 12.6 Å². The van der Waals surface area contributed by atoms with Gasteiger partial charge in [0.1, 0.15) is 4.83 Å². The van der Waals surface area contributed by atoms with Gasteiger partial charge in [0.25, 0.3) is 5.56 Å². The molecule has 0 unspecified atom stereocenters. The van der Waals surface area contributed by atoms with Crippen molar-refractivity contribution in [3.8, 4) is 10.4 Å². The van der Waals surface area contributed by atoms with E-state index in [0.717, 1.165) is 15.1 Å². The molecule has 3 aromatic rings. The predicted molar refractivity (Wildman–Crippen MR) is 75.1 cm³/mol. The Kier molecular flexibility index (Phi) is 4.27. The molecular weight excluding hydrogens is 289 g/mol. The Bertz CT molecular complexity index is 783. The molecule has 0 spiro atoms. The summed E-state index contributed by atoms with van der Waals surface area (Å²) in [4.78, 5) is 17.7. The zero-order valence-corrected chi connectivity index (χ0v) is 13.8. The van der Waals surface area contributed by atoms with Crippen LogP contribution < -0.4 is 41.0 Å². The largest absolute Gasteiger partial charge is 1.00 e. The van der Waals surface area contributed by atoms with Crippen LogP contribution in [0.15, 0.2) is 46.3 Å². The molecule has 0 aliphatic carbocycles. The fourth-order valence-corrected chi connectivity index (χ4v) is 2.98. The van der Waals surface area contributed by atoms with E-state index in [0.29, 0.717) is 10.2 Å². The van der Waals surface area contributed by atoms with Gasteiger partial charge in [-0.3, -0.25) is 4.79 Å². The van der Waals surface area contributed by atoms with Crippen LogP contribution >= 0.6 is 11.3 Å². The van der Waals surface area contributed by atoms with Crippen LogP contribution in [0.3, 0.4) is 0 Å². The van der Waals surface area contributed by atoms with Crippen LogP contribution in [0.25, 0.3) is 20.7 Å². The van der Waals surface area contributed by atoms with Crippen LogP contribution in [-0.4, -0.2) is 9.66 Å². The monoisotopic (exact) mass is 297 g/mol. The topological polar surface area (TPSA) is 60.9 Å². The Morgan fingerprint density at radius 1 is 1.26 bits per heavy atom. The molecule has 2 aromatic heterocycles. The fourth-order valence-electron chi connectivity index (χ4n) is 1.72. The van der Waals surface area contributed by atoms with Crippen molar-refractivity contribution < 1.29 is 29.6 Å². The van der Waals surface area contributed by atoms with Crippen LogP contribution in [0.1, 0.15) is 0 Å². The summed E-state index contributed by atoms with van der Waals surface area (Å²) in [6.45, 7) is 0. The Morgan fingerprint density at radius 3 is 2.63 bits per heavy atom. The predicted octanol–water partition coefficient (Wildman–Crippen LogP) is -1.25. The van der Waals surface area contributed by atoms with Crippen LogP contribution in [0.5, 0.6) is 0 Å². The molecule has 90 valence electrons. The molecule has 0 aliphatic rings. The molecule has 0 saturated heterocycles. The second-order valence-electron chi connectivity index (χ2n) is 3.77. The van der Waals surface area contributed by atoms with Gasteiger partial charge in [0.05, 0.1) is 5.39 Å². The molecule has 3 rings (SSSR count). The van der Waals surface area contributed by atoms with Crippen LogP contribution in [0.2, 0.25) is 0 Å².